The van der Waals surface area contributed by atoms with Crippen molar-refractivity contribution in [1.29, 1.82) is 5.26 Å². The first kappa shape index (κ1) is 18.5. The summed E-state index contributed by atoms with van der Waals surface area (Å²) >= 11 is 3.17. The lowest BCUT2D eigenvalue weighted by Crippen LogP contribution is -2.50. The number of likely N-dealkylation sites (tertiary alicyclic amines) is 1. The maximum absolute atomic E-state index is 14.4. The molecule has 1 aromatic rings. The minimum absolute atomic E-state index is 0.106. The zero-order valence-corrected chi connectivity index (χ0v) is 15.3. The Morgan fingerprint density at radius 1 is 1.54 bits per heavy atom. The Kier molecular flexibility index (Phi) is 5.65. The van der Waals surface area contributed by atoms with Crippen LogP contribution in [0.15, 0.2) is 16.9 Å². The predicted molar refractivity (Wildman–Crippen MR) is 88.4 cm³/mol. The van der Waals surface area contributed by atoms with E-state index in [2.05, 4.69) is 20.9 Å². The molecule has 1 amide bonds. The lowest BCUT2D eigenvalue weighted by atomic mass is 10.1. The van der Waals surface area contributed by atoms with Crippen molar-refractivity contribution in [1.82, 2.24) is 9.88 Å². The van der Waals surface area contributed by atoms with Gasteiger partial charge in [-0.2, -0.15) is 5.26 Å². The number of amides is 1. The van der Waals surface area contributed by atoms with E-state index in [0.717, 1.165) is 0 Å². The Balaban J connectivity index is 2.00. The Hall–Kier alpha value is -1.88. The molecule has 0 aromatic carbocycles. The number of rotatable bonds is 2. The second-order valence-electron chi connectivity index (χ2n) is 6.50. The van der Waals surface area contributed by atoms with Gasteiger partial charge in [-0.25, -0.2) is 14.2 Å². The summed E-state index contributed by atoms with van der Waals surface area (Å²) in [5, 5.41) is 9.12. The van der Waals surface area contributed by atoms with Crippen LogP contribution < -0.4 is 4.74 Å². The van der Waals surface area contributed by atoms with Crippen LogP contribution in [-0.2, 0) is 4.74 Å². The number of alkyl halides is 1. The lowest BCUT2D eigenvalue weighted by Gasteiger charge is -2.35. The molecule has 6 nitrogen and oxygen atoms in total. The topological polar surface area (TPSA) is 75.4 Å². The van der Waals surface area contributed by atoms with Crippen LogP contribution in [0.5, 0.6) is 5.75 Å². The molecular weight excluding hydrogens is 381 g/mol. The summed E-state index contributed by atoms with van der Waals surface area (Å²) in [7, 11) is 0. The summed E-state index contributed by atoms with van der Waals surface area (Å²) < 4.78 is 25.8. The van der Waals surface area contributed by atoms with Crippen molar-refractivity contribution in [2.45, 2.75) is 45.1 Å². The van der Waals surface area contributed by atoms with Gasteiger partial charge in [-0.1, -0.05) is 0 Å². The van der Waals surface area contributed by atoms with Crippen LogP contribution in [0.25, 0.3) is 0 Å². The Morgan fingerprint density at radius 2 is 2.25 bits per heavy atom. The van der Waals surface area contributed by atoms with Crippen LogP contribution in [0, 0.1) is 11.3 Å². The van der Waals surface area contributed by atoms with Crippen molar-refractivity contribution >= 4 is 22.0 Å². The molecule has 2 heterocycles. The van der Waals surface area contributed by atoms with Crippen molar-refractivity contribution in [2.24, 2.45) is 0 Å². The highest BCUT2D eigenvalue weighted by molar-refractivity contribution is 9.10. The van der Waals surface area contributed by atoms with Crippen LogP contribution in [-0.4, -0.2) is 46.9 Å². The van der Waals surface area contributed by atoms with Gasteiger partial charge in [0.2, 0.25) is 0 Å². The molecule has 0 aliphatic carbocycles. The zero-order valence-electron chi connectivity index (χ0n) is 13.8. The molecule has 1 fully saturated rings. The Morgan fingerprint density at radius 3 is 2.83 bits per heavy atom. The maximum Gasteiger partial charge on any atom is 0.410 e. The van der Waals surface area contributed by atoms with E-state index < -0.39 is 24.0 Å². The average Bonchev–Trinajstić information content (AvgIpc) is 2.49. The minimum atomic E-state index is -1.37. The molecule has 130 valence electrons. The number of pyridine rings is 1. The minimum Gasteiger partial charge on any atom is -0.484 e. The van der Waals surface area contributed by atoms with Crippen molar-refractivity contribution in [3.05, 3.63) is 22.4 Å². The lowest BCUT2D eigenvalue weighted by molar-refractivity contribution is -0.0106. The summed E-state index contributed by atoms with van der Waals surface area (Å²) in [4.78, 5) is 17.3. The molecule has 0 spiro atoms. The Bertz CT molecular complexity index is 657. The third-order valence-corrected chi connectivity index (χ3v) is 3.80. The van der Waals surface area contributed by atoms with Crippen LogP contribution in [0.4, 0.5) is 9.18 Å². The van der Waals surface area contributed by atoms with Crippen molar-refractivity contribution in [3.8, 4) is 11.8 Å². The largest absolute Gasteiger partial charge is 0.484 e. The fraction of sp³-hybridized carbons (Fsp3) is 0.562. The summed E-state index contributed by atoms with van der Waals surface area (Å²) in [6.07, 6.45) is -0.955. The molecule has 0 saturated carbocycles. The van der Waals surface area contributed by atoms with E-state index in [1.165, 1.54) is 17.2 Å². The fourth-order valence-electron chi connectivity index (χ4n) is 2.27. The SMILES string of the molecule is CC(C)(C)OC(=O)N1CC[C@H](Oc2cnc(Br)cc2C#N)[C@H](F)C1. The van der Waals surface area contributed by atoms with Gasteiger partial charge in [-0.3, -0.25) is 0 Å². The summed E-state index contributed by atoms with van der Waals surface area (Å²) in [6.45, 7) is 5.50. The highest BCUT2D eigenvalue weighted by Crippen LogP contribution is 2.26. The van der Waals surface area contributed by atoms with E-state index in [0.29, 0.717) is 17.6 Å². The number of ether oxygens (including phenoxy) is 2. The normalized spacial score (nSPS) is 21.1. The highest BCUT2D eigenvalue weighted by Gasteiger charge is 2.35. The second-order valence-corrected chi connectivity index (χ2v) is 7.31. The van der Waals surface area contributed by atoms with Crippen LogP contribution >= 0.6 is 15.9 Å². The predicted octanol–water partition coefficient (Wildman–Crippen LogP) is 3.44. The molecule has 1 aliphatic heterocycles. The van der Waals surface area contributed by atoms with Gasteiger partial charge in [-0.15, -0.1) is 0 Å². The van der Waals surface area contributed by atoms with E-state index in [1.54, 1.807) is 20.8 Å². The molecule has 8 heteroatoms. The monoisotopic (exact) mass is 399 g/mol. The summed E-state index contributed by atoms with van der Waals surface area (Å²) in [6, 6.07) is 3.50. The third-order valence-electron chi connectivity index (χ3n) is 3.37. The van der Waals surface area contributed by atoms with Crippen LogP contribution in [0.3, 0.4) is 0 Å². The molecule has 0 bridgehead atoms. The van der Waals surface area contributed by atoms with E-state index >= 15 is 0 Å². The first-order valence-electron chi connectivity index (χ1n) is 7.54. The average molecular weight is 400 g/mol. The molecule has 0 N–H and O–H groups in total. The number of carbonyl (C=O) groups excluding carboxylic acids is 1. The molecule has 2 atom stereocenters. The molecule has 2 rings (SSSR count). The van der Waals surface area contributed by atoms with Crippen molar-refractivity contribution in [2.75, 3.05) is 13.1 Å². The first-order valence-corrected chi connectivity index (χ1v) is 8.33. The fourth-order valence-corrected chi connectivity index (χ4v) is 2.60. The standard InChI is InChI=1S/C16H19BrFN3O3/c1-16(2,3)24-15(22)21-5-4-12(11(18)9-21)23-13-8-20-14(17)6-10(13)7-19/h6,8,11-12H,4-5,9H2,1-3H3/t11-,12+/m1/s1. The van der Waals surface area contributed by atoms with E-state index in [9.17, 15) is 9.18 Å². The molecule has 0 radical (unpaired) electrons. The van der Waals surface area contributed by atoms with Gasteiger partial charge < -0.3 is 14.4 Å². The van der Waals surface area contributed by atoms with Crippen LogP contribution in [0.1, 0.15) is 32.8 Å². The number of nitriles is 1. The second kappa shape index (κ2) is 7.34. The number of nitrogens with zero attached hydrogens (tertiary/aromatic N) is 3. The summed E-state index contributed by atoms with van der Waals surface area (Å²) in [5.74, 6) is 0.235. The molecular formula is C16H19BrFN3O3. The number of hydrogen-bond acceptors (Lipinski definition) is 5. The van der Waals surface area contributed by atoms with Crippen molar-refractivity contribution < 1.29 is 18.7 Å². The highest BCUT2D eigenvalue weighted by atomic mass is 79.9. The smallest absolute Gasteiger partial charge is 0.410 e. The van der Waals surface area contributed by atoms with Crippen molar-refractivity contribution in [3.63, 3.8) is 0 Å². The molecule has 1 aliphatic rings. The van der Waals surface area contributed by atoms with Gasteiger partial charge in [0, 0.05) is 13.0 Å². The zero-order chi connectivity index (χ0) is 17.9. The van der Waals surface area contributed by atoms with Gasteiger partial charge in [-0.05, 0) is 42.8 Å². The summed E-state index contributed by atoms with van der Waals surface area (Å²) in [5.41, 5.74) is -0.347. The first-order chi connectivity index (χ1) is 11.2. The van der Waals surface area contributed by atoms with Crippen LogP contribution in [0.2, 0.25) is 0 Å². The molecule has 24 heavy (non-hydrogen) atoms. The van der Waals surface area contributed by atoms with Gasteiger partial charge >= 0.3 is 6.09 Å². The Labute approximate surface area is 148 Å². The number of piperidine rings is 1. The van der Waals surface area contributed by atoms with Gasteiger partial charge in [0.1, 0.15) is 22.4 Å². The maximum atomic E-state index is 14.4. The van der Waals surface area contributed by atoms with Gasteiger partial charge in [0.25, 0.3) is 0 Å². The van der Waals surface area contributed by atoms with Gasteiger partial charge in [0.15, 0.2) is 11.9 Å². The van der Waals surface area contributed by atoms with E-state index in [-0.39, 0.29) is 17.9 Å². The number of hydrogen-bond donors (Lipinski definition) is 0. The van der Waals surface area contributed by atoms with E-state index in [4.69, 9.17) is 14.7 Å². The number of halogens is 2. The number of carbonyl (C=O) groups is 1. The molecule has 1 saturated heterocycles. The third kappa shape index (κ3) is 4.81. The number of aromatic nitrogens is 1. The molecule has 0 unspecified atom stereocenters. The van der Waals surface area contributed by atoms with E-state index in [1.807, 2.05) is 6.07 Å². The van der Waals surface area contributed by atoms with Gasteiger partial charge in [0.05, 0.1) is 18.3 Å². The quantitative estimate of drug-likeness (QED) is 0.711. The molecule has 1 aromatic heterocycles.